The van der Waals surface area contributed by atoms with E-state index in [0.29, 0.717) is 10.7 Å². The Hall–Kier alpha value is -0.685. The fraction of sp³-hybridized carbons (Fsp3) is 0.538. The molecule has 2 rings (SSSR count). The maximum absolute atomic E-state index is 9.44. The quantitative estimate of drug-likeness (QED) is 0.778. The summed E-state index contributed by atoms with van der Waals surface area (Å²) in [7, 11) is 0.186. The van der Waals surface area contributed by atoms with Crippen molar-refractivity contribution in [1.82, 2.24) is 4.90 Å². The summed E-state index contributed by atoms with van der Waals surface area (Å²) in [5.74, 6) is 1.88. The normalized spacial score (nSPS) is 20.3. The monoisotopic (exact) mass is 281 g/mol. The molecule has 1 fully saturated rings. The number of rotatable bonds is 4. The van der Waals surface area contributed by atoms with Gasteiger partial charge in [0.2, 0.25) is 0 Å². The average Bonchev–Trinajstić information content (AvgIpc) is 2.38. The summed E-state index contributed by atoms with van der Waals surface area (Å²) < 4.78 is 5.21. The maximum Gasteiger partial charge on any atom is 0.488 e. The first-order chi connectivity index (χ1) is 9.10. The minimum absolute atomic E-state index is 0.562. The van der Waals surface area contributed by atoms with Crippen molar-refractivity contribution in [2.24, 2.45) is 0 Å². The second kappa shape index (κ2) is 6.66. The van der Waals surface area contributed by atoms with E-state index < -0.39 is 7.12 Å². The molecular weight excluding hydrogens is 261 g/mol. The lowest BCUT2D eigenvalue weighted by Crippen LogP contribution is -2.40. The molecule has 0 spiro atoms. The van der Waals surface area contributed by atoms with Crippen molar-refractivity contribution in [2.75, 3.05) is 26.0 Å². The zero-order valence-electron chi connectivity index (χ0n) is 11.4. The predicted molar refractivity (Wildman–Crippen MR) is 80.0 cm³/mol. The first kappa shape index (κ1) is 14.7. The number of thioether (sulfide) groups is 1. The van der Waals surface area contributed by atoms with Gasteiger partial charge in [-0.05, 0) is 23.2 Å². The Morgan fingerprint density at radius 1 is 1.47 bits per heavy atom. The van der Waals surface area contributed by atoms with Gasteiger partial charge in [0.1, 0.15) is 5.75 Å². The summed E-state index contributed by atoms with van der Waals surface area (Å²) in [5.41, 5.74) is 1.49. The third-order valence-corrected chi connectivity index (χ3v) is 4.48. The van der Waals surface area contributed by atoms with E-state index in [2.05, 4.69) is 11.8 Å². The zero-order valence-corrected chi connectivity index (χ0v) is 12.2. The van der Waals surface area contributed by atoms with E-state index in [4.69, 9.17) is 4.74 Å². The number of hydrogen-bond donors (Lipinski definition) is 2. The molecule has 0 bridgehead atoms. The first-order valence-corrected chi connectivity index (χ1v) is 7.52. The van der Waals surface area contributed by atoms with E-state index in [-0.39, 0.29) is 0 Å². The molecule has 1 aromatic rings. The highest BCUT2D eigenvalue weighted by molar-refractivity contribution is 7.99. The van der Waals surface area contributed by atoms with Crippen LogP contribution in [0.15, 0.2) is 18.2 Å². The molecule has 1 atom stereocenters. The van der Waals surface area contributed by atoms with E-state index in [1.165, 1.54) is 0 Å². The minimum Gasteiger partial charge on any atom is -0.497 e. The van der Waals surface area contributed by atoms with Gasteiger partial charge in [-0.25, -0.2) is 0 Å². The summed E-state index contributed by atoms with van der Waals surface area (Å²) >= 11 is 1.99. The average molecular weight is 281 g/mol. The van der Waals surface area contributed by atoms with E-state index in [1.54, 1.807) is 19.2 Å². The van der Waals surface area contributed by atoms with E-state index in [0.717, 1.165) is 36.7 Å². The summed E-state index contributed by atoms with van der Waals surface area (Å²) in [4.78, 5) is 2.35. The number of methoxy groups -OCH3 is 1. The molecule has 4 nitrogen and oxygen atoms in total. The number of nitrogens with zero attached hydrogens (tertiary/aromatic N) is 1. The van der Waals surface area contributed by atoms with Crippen LogP contribution in [0, 0.1) is 0 Å². The van der Waals surface area contributed by atoms with Gasteiger partial charge in [-0.2, -0.15) is 11.8 Å². The molecule has 0 radical (unpaired) electrons. The van der Waals surface area contributed by atoms with Gasteiger partial charge in [-0.15, -0.1) is 0 Å². The standard InChI is InChI=1S/C13H20BNO3S/c1-10-8-15(5-6-19-10)9-11-7-12(18-2)3-4-13(11)14(16)17/h3-4,7,10,16-17H,5-6,8-9H2,1-2H3. The largest absolute Gasteiger partial charge is 0.497 e. The molecule has 104 valence electrons. The molecule has 0 aliphatic carbocycles. The van der Waals surface area contributed by atoms with Gasteiger partial charge >= 0.3 is 7.12 Å². The van der Waals surface area contributed by atoms with Crippen LogP contribution in [0.4, 0.5) is 0 Å². The molecule has 0 saturated carbocycles. The lowest BCUT2D eigenvalue weighted by molar-refractivity contribution is 0.278. The number of benzene rings is 1. The van der Waals surface area contributed by atoms with Gasteiger partial charge in [0, 0.05) is 30.6 Å². The smallest absolute Gasteiger partial charge is 0.488 e. The Bertz CT molecular complexity index is 430. The Labute approximate surface area is 118 Å². The van der Waals surface area contributed by atoms with Gasteiger partial charge in [0.05, 0.1) is 7.11 Å². The Morgan fingerprint density at radius 2 is 2.26 bits per heavy atom. The molecular formula is C13H20BNO3S. The molecule has 0 aromatic heterocycles. The minimum atomic E-state index is -1.43. The Kier molecular flexibility index (Phi) is 5.16. The molecule has 1 unspecified atom stereocenters. The second-order valence-electron chi connectivity index (χ2n) is 4.85. The van der Waals surface area contributed by atoms with Crippen molar-refractivity contribution in [1.29, 1.82) is 0 Å². The third kappa shape index (κ3) is 3.89. The van der Waals surface area contributed by atoms with Gasteiger partial charge < -0.3 is 14.8 Å². The number of hydrogen-bond acceptors (Lipinski definition) is 5. The molecule has 1 aliphatic rings. The van der Waals surface area contributed by atoms with E-state index in [1.807, 2.05) is 17.8 Å². The van der Waals surface area contributed by atoms with E-state index in [9.17, 15) is 10.0 Å². The van der Waals surface area contributed by atoms with Crippen molar-refractivity contribution in [2.45, 2.75) is 18.7 Å². The molecule has 19 heavy (non-hydrogen) atoms. The van der Waals surface area contributed by atoms with Gasteiger partial charge in [0.15, 0.2) is 0 Å². The SMILES string of the molecule is COc1ccc(B(O)O)c(CN2CCSC(C)C2)c1. The Morgan fingerprint density at radius 3 is 2.89 bits per heavy atom. The maximum atomic E-state index is 9.44. The molecule has 1 aliphatic heterocycles. The van der Waals surface area contributed by atoms with Crippen LogP contribution in [0.1, 0.15) is 12.5 Å². The van der Waals surface area contributed by atoms with Crippen molar-refractivity contribution >= 4 is 24.3 Å². The van der Waals surface area contributed by atoms with Crippen LogP contribution in [-0.4, -0.2) is 53.3 Å². The topological polar surface area (TPSA) is 52.9 Å². The van der Waals surface area contributed by atoms with Gasteiger partial charge in [-0.1, -0.05) is 13.0 Å². The highest BCUT2D eigenvalue weighted by Gasteiger charge is 2.21. The molecule has 6 heteroatoms. The van der Waals surface area contributed by atoms with Crippen molar-refractivity contribution < 1.29 is 14.8 Å². The van der Waals surface area contributed by atoms with Crippen molar-refractivity contribution in [3.8, 4) is 5.75 Å². The molecule has 1 saturated heterocycles. The van der Waals surface area contributed by atoms with Crippen LogP contribution in [0.2, 0.25) is 0 Å². The van der Waals surface area contributed by atoms with Crippen LogP contribution in [0.25, 0.3) is 0 Å². The van der Waals surface area contributed by atoms with Crippen LogP contribution in [0.5, 0.6) is 5.75 Å². The molecule has 1 heterocycles. The lowest BCUT2D eigenvalue weighted by Gasteiger charge is -2.31. The molecule has 1 aromatic carbocycles. The second-order valence-corrected chi connectivity index (χ2v) is 6.40. The fourth-order valence-corrected chi connectivity index (χ4v) is 3.46. The summed E-state index contributed by atoms with van der Waals surface area (Å²) in [6.45, 7) is 5.02. The lowest BCUT2D eigenvalue weighted by atomic mass is 9.77. The highest BCUT2D eigenvalue weighted by atomic mass is 32.2. The van der Waals surface area contributed by atoms with Crippen LogP contribution < -0.4 is 10.2 Å². The summed E-state index contributed by atoms with van der Waals surface area (Å²) in [6.07, 6.45) is 0. The molecule has 0 amide bonds. The fourth-order valence-electron chi connectivity index (χ4n) is 2.37. The Balaban J connectivity index is 2.16. The van der Waals surface area contributed by atoms with Crippen molar-refractivity contribution in [3.05, 3.63) is 23.8 Å². The van der Waals surface area contributed by atoms with Crippen LogP contribution in [-0.2, 0) is 6.54 Å². The van der Waals surface area contributed by atoms with Crippen LogP contribution >= 0.6 is 11.8 Å². The number of ether oxygens (including phenoxy) is 1. The van der Waals surface area contributed by atoms with Crippen LogP contribution in [0.3, 0.4) is 0 Å². The highest BCUT2D eigenvalue weighted by Crippen LogP contribution is 2.20. The summed E-state index contributed by atoms with van der Waals surface area (Å²) in [6, 6.07) is 5.37. The predicted octanol–water partition coefficient (Wildman–Crippen LogP) is 0.312. The third-order valence-electron chi connectivity index (χ3n) is 3.35. The van der Waals surface area contributed by atoms with Gasteiger partial charge in [-0.3, -0.25) is 4.90 Å². The van der Waals surface area contributed by atoms with Gasteiger partial charge in [0.25, 0.3) is 0 Å². The molecule has 2 N–H and O–H groups in total. The van der Waals surface area contributed by atoms with Crippen molar-refractivity contribution in [3.63, 3.8) is 0 Å². The summed E-state index contributed by atoms with van der Waals surface area (Å²) in [5, 5.41) is 19.5. The first-order valence-electron chi connectivity index (χ1n) is 6.47. The zero-order chi connectivity index (χ0) is 13.8. The van der Waals surface area contributed by atoms with E-state index >= 15 is 0 Å².